The Labute approximate surface area is 183 Å². The SMILES string of the molecule is COc1ccc(OC)c(CN(C(=O)C2CC(=O)N(c3cccc(C)c3C)C2)C2CC2)c1. The third kappa shape index (κ3) is 4.24. The number of aryl methyl sites for hydroxylation is 1. The van der Waals surface area contributed by atoms with E-state index in [2.05, 4.69) is 0 Å². The molecule has 6 heteroatoms. The number of anilines is 1. The van der Waals surface area contributed by atoms with Gasteiger partial charge in [0, 0.05) is 36.8 Å². The average molecular weight is 423 g/mol. The number of amides is 2. The Bertz CT molecular complexity index is 999. The molecule has 2 amide bonds. The fourth-order valence-corrected chi connectivity index (χ4v) is 4.33. The Morgan fingerprint density at radius 2 is 1.90 bits per heavy atom. The standard InChI is InChI=1S/C25H30N2O4/c1-16-6-5-7-22(17(16)2)27-15-19(13-24(27)28)25(29)26(20-8-9-20)14-18-12-21(30-3)10-11-23(18)31-4/h5-7,10-12,19-20H,8-9,13-15H2,1-4H3. The van der Waals surface area contributed by atoms with Crippen LogP contribution in [0.1, 0.15) is 36.0 Å². The van der Waals surface area contributed by atoms with E-state index in [1.54, 1.807) is 19.1 Å². The molecule has 2 aromatic carbocycles. The van der Waals surface area contributed by atoms with Crippen LogP contribution in [0.3, 0.4) is 0 Å². The molecule has 0 aromatic heterocycles. The maximum absolute atomic E-state index is 13.5. The normalized spacial score (nSPS) is 18.3. The van der Waals surface area contributed by atoms with Gasteiger partial charge in [0.25, 0.3) is 0 Å². The molecule has 31 heavy (non-hydrogen) atoms. The topological polar surface area (TPSA) is 59.1 Å². The van der Waals surface area contributed by atoms with Crippen LogP contribution < -0.4 is 14.4 Å². The highest BCUT2D eigenvalue weighted by atomic mass is 16.5. The molecule has 1 saturated carbocycles. The van der Waals surface area contributed by atoms with E-state index in [-0.39, 0.29) is 30.2 Å². The fraction of sp³-hybridized carbons (Fsp3) is 0.440. The van der Waals surface area contributed by atoms with Crippen molar-refractivity contribution in [2.24, 2.45) is 5.92 Å². The van der Waals surface area contributed by atoms with Gasteiger partial charge in [-0.25, -0.2) is 0 Å². The number of hydrogen-bond donors (Lipinski definition) is 0. The highest BCUT2D eigenvalue weighted by Crippen LogP contribution is 2.36. The van der Waals surface area contributed by atoms with Gasteiger partial charge >= 0.3 is 0 Å². The second-order valence-corrected chi connectivity index (χ2v) is 8.50. The molecule has 0 radical (unpaired) electrons. The first-order valence-electron chi connectivity index (χ1n) is 10.8. The maximum Gasteiger partial charge on any atom is 0.228 e. The van der Waals surface area contributed by atoms with Crippen molar-refractivity contribution in [2.75, 3.05) is 25.7 Å². The van der Waals surface area contributed by atoms with Crippen LogP contribution in [0.25, 0.3) is 0 Å². The lowest BCUT2D eigenvalue weighted by Gasteiger charge is -2.27. The summed E-state index contributed by atoms with van der Waals surface area (Å²) in [6.07, 6.45) is 2.25. The lowest BCUT2D eigenvalue weighted by Crippen LogP contribution is -2.38. The van der Waals surface area contributed by atoms with E-state index in [0.717, 1.165) is 46.7 Å². The minimum Gasteiger partial charge on any atom is -0.497 e. The largest absolute Gasteiger partial charge is 0.497 e. The van der Waals surface area contributed by atoms with Crippen LogP contribution >= 0.6 is 0 Å². The third-order valence-corrected chi connectivity index (χ3v) is 6.44. The third-order valence-electron chi connectivity index (χ3n) is 6.44. The van der Waals surface area contributed by atoms with E-state index in [0.29, 0.717) is 13.1 Å². The van der Waals surface area contributed by atoms with Crippen molar-refractivity contribution in [2.45, 2.75) is 45.7 Å². The summed E-state index contributed by atoms with van der Waals surface area (Å²) in [6.45, 7) is 4.95. The number of benzene rings is 2. The molecular formula is C25H30N2O4. The van der Waals surface area contributed by atoms with E-state index < -0.39 is 0 Å². The van der Waals surface area contributed by atoms with Crippen LogP contribution in [-0.2, 0) is 16.1 Å². The first kappa shape index (κ1) is 21.2. The Hall–Kier alpha value is -3.02. The summed E-state index contributed by atoms with van der Waals surface area (Å²) in [5.41, 5.74) is 4.06. The molecule has 2 aromatic rings. The Kier molecular flexibility index (Phi) is 5.90. The monoisotopic (exact) mass is 422 g/mol. The van der Waals surface area contributed by atoms with Gasteiger partial charge < -0.3 is 19.3 Å². The summed E-state index contributed by atoms with van der Waals surface area (Å²) in [7, 11) is 3.26. The zero-order valence-corrected chi connectivity index (χ0v) is 18.7. The summed E-state index contributed by atoms with van der Waals surface area (Å²) in [4.78, 5) is 30.1. The van der Waals surface area contributed by atoms with Crippen LogP contribution in [0.5, 0.6) is 11.5 Å². The minimum atomic E-state index is -0.329. The number of carbonyl (C=O) groups is 2. The van der Waals surface area contributed by atoms with Gasteiger partial charge in [0.1, 0.15) is 11.5 Å². The zero-order valence-electron chi connectivity index (χ0n) is 18.7. The van der Waals surface area contributed by atoms with Gasteiger partial charge in [0.2, 0.25) is 11.8 Å². The Morgan fingerprint density at radius 1 is 1.13 bits per heavy atom. The number of methoxy groups -OCH3 is 2. The molecule has 2 aliphatic rings. The predicted molar refractivity (Wildman–Crippen MR) is 119 cm³/mol. The van der Waals surface area contributed by atoms with Crippen molar-refractivity contribution in [1.29, 1.82) is 0 Å². The molecule has 2 fully saturated rings. The van der Waals surface area contributed by atoms with E-state index in [1.165, 1.54) is 0 Å². The fourth-order valence-electron chi connectivity index (χ4n) is 4.33. The van der Waals surface area contributed by atoms with Gasteiger partial charge in [-0.3, -0.25) is 9.59 Å². The number of rotatable bonds is 7. The molecule has 1 unspecified atom stereocenters. The van der Waals surface area contributed by atoms with Gasteiger partial charge in [-0.05, 0) is 62.1 Å². The predicted octanol–water partition coefficient (Wildman–Crippen LogP) is 3.86. The van der Waals surface area contributed by atoms with Crippen molar-refractivity contribution in [3.05, 3.63) is 53.1 Å². The number of ether oxygens (including phenoxy) is 2. The van der Waals surface area contributed by atoms with Crippen LogP contribution in [0.4, 0.5) is 5.69 Å². The molecular weight excluding hydrogens is 392 g/mol. The number of hydrogen-bond acceptors (Lipinski definition) is 4. The smallest absolute Gasteiger partial charge is 0.228 e. The molecule has 164 valence electrons. The van der Waals surface area contributed by atoms with Crippen LogP contribution in [0, 0.1) is 19.8 Å². The Morgan fingerprint density at radius 3 is 2.58 bits per heavy atom. The lowest BCUT2D eigenvalue weighted by molar-refractivity contribution is -0.137. The summed E-state index contributed by atoms with van der Waals surface area (Å²) < 4.78 is 10.9. The lowest BCUT2D eigenvalue weighted by atomic mass is 10.1. The highest BCUT2D eigenvalue weighted by Gasteiger charge is 2.42. The molecule has 0 bridgehead atoms. The summed E-state index contributed by atoms with van der Waals surface area (Å²) >= 11 is 0. The molecule has 6 nitrogen and oxygen atoms in total. The first-order chi connectivity index (χ1) is 14.9. The number of carbonyl (C=O) groups excluding carboxylic acids is 2. The highest BCUT2D eigenvalue weighted by molar-refractivity contribution is 6.01. The summed E-state index contributed by atoms with van der Waals surface area (Å²) in [5.74, 6) is 1.20. The van der Waals surface area contributed by atoms with Crippen LogP contribution in [0.15, 0.2) is 36.4 Å². The van der Waals surface area contributed by atoms with Gasteiger partial charge in [-0.2, -0.15) is 0 Å². The van der Waals surface area contributed by atoms with E-state index in [9.17, 15) is 9.59 Å². The molecule has 1 saturated heterocycles. The van der Waals surface area contributed by atoms with Gasteiger partial charge in [0.15, 0.2) is 0 Å². The summed E-state index contributed by atoms with van der Waals surface area (Å²) in [6, 6.07) is 11.8. The van der Waals surface area contributed by atoms with E-state index in [4.69, 9.17) is 9.47 Å². The maximum atomic E-state index is 13.5. The van der Waals surface area contributed by atoms with E-state index in [1.807, 2.05) is 55.1 Å². The average Bonchev–Trinajstić information content (AvgIpc) is 3.54. The van der Waals surface area contributed by atoms with Crippen molar-refractivity contribution >= 4 is 17.5 Å². The number of nitrogens with zero attached hydrogens (tertiary/aromatic N) is 2. The first-order valence-corrected chi connectivity index (χ1v) is 10.8. The second kappa shape index (κ2) is 8.61. The molecule has 0 N–H and O–H groups in total. The molecule has 1 atom stereocenters. The van der Waals surface area contributed by atoms with Crippen molar-refractivity contribution in [3.63, 3.8) is 0 Å². The molecule has 1 heterocycles. The van der Waals surface area contributed by atoms with E-state index >= 15 is 0 Å². The Balaban J connectivity index is 1.55. The summed E-state index contributed by atoms with van der Waals surface area (Å²) in [5, 5.41) is 0. The molecule has 0 spiro atoms. The van der Waals surface area contributed by atoms with Crippen molar-refractivity contribution < 1.29 is 19.1 Å². The minimum absolute atomic E-state index is 0.0155. The molecule has 1 aliphatic heterocycles. The van der Waals surface area contributed by atoms with Gasteiger partial charge in [-0.15, -0.1) is 0 Å². The van der Waals surface area contributed by atoms with Crippen molar-refractivity contribution in [3.8, 4) is 11.5 Å². The second-order valence-electron chi connectivity index (χ2n) is 8.50. The quantitative estimate of drug-likeness (QED) is 0.680. The molecule has 1 aliphatic carbocycles. The zero-order chi connectivity index (χ0) is 22.1. The van der Waals surface area contributed by atoms with Gasteiger partial charge in [0.05, 0.1) is 20.1 Å². The molecule has 4 rings (SSSR count). The van der Waals surface area contributed by atoms with Gasteiger partial charge in [-0.1, -0.05) is 12.1 Å². The van der Waals surface area contributed by atoms with Crippen LogP contribution in [-0.4, -0.2) is 43.5 Å². The van der Waals surface area contributed by atoms with Crippen LogP contribution in [0.2, 0.25) is 0 Å². The van der Waals surface area contributed by atoms with Crippen molar-refractivity contribution in [1.82, 2.24) is 4.90 Å².